The Bertz CT molecular complexity index is 1100. The fraction of sp³-hybridized carbons (Fsp3) is 0.414. The van der Waals surface area contributed by atoms with Crippen molar-refractivity contribution in [1.29, 1.82) is 0 Å². The summed E-state index contributed by atoms with van der Waals surface area (Å²) in [5.41, 5.74) is 5.72. The standard InChI is InChI=1S/C29H37N3O2S/c1-5-6-22-18-23(19-28(33-2)29(22)34-3)27-17-21(11-16-31-27)20-32(25-12-14-30-15-13-25)24-7-9-26(35-4)10-8-24/h7-11,16-19,25,30H,5-6,12-15,20H2,1-4H3. The maximum absolute atomic E-state index is 5.67. The molecule has 5 nitrogen and oxygen atoms in total. The first-order valence-electron chi connectivity index (χ1n) is 12.5. The quantitative estimate of drug-likeness (QED) is 0.341. The van der Waals surface area contributed by atoms with E-state index < -0.39 is 0 Å². The molecule has 1 aliphatic rings. The number of anilines is 1. The normalized spacial score (nSPS) is 14.1. The van der Waals surface area contributed by atoms with Gasteiger partial charge in [0.25, 0.3) is 0 Å². The highest BCUT2D eigenvalue weighted by molar-refractivity contribution is 7.98. The highest BCUT2D eigenvalue weighted by Crippen LogP contribution is 2.37. The Morgan fingerprint density at radius 3 is 2.46 bits per heavy atom. The Balaban J connectivity index is 1.66. The SMILES string of the molecule is CCCc1cc(-c2cc(CN(c3ccc(SC)cc3)C3CCNCC3)ccn2)cc(OC)c1OC. The first-order valence-corrected chi connectivity index (χ1v) is 13.7. The van der Waals surface area contributed by atoms with E-state index in [-0.39, 0.29) is 0 Å². The highest BCUT2D eigenvalue weighted by Gasteiger charge is 2.22. The van der Waals surface area contributed by atoms with Crippen molar-refractivity contribution in [3.05, 3.63) is 65.9 Å². The van der Waals surface area contributed by atoms with Crippen molar-refractivity contribution >= 4 is 17.4 Å². The van der Waals surface area contributed by atoms with Crippen LogP contribution >= 0.6 is 11.8 Å². The van der Waals surface area contributed by atoms with Gasteiger partial charge in [0.15, 0.2) is 11.5 Å². The lowest BCUT2D eigenvalue weighted by Gasteiger charge is -2.36. The second-order valence-electron chi connectivity index (χ2n) is 8.98. The fourth-order valence-electron chi connectivity index (χ4n) is 4.90. The summed E-state index contributed by atoms with van der Waals surface area (Å²) in [5, 5.41) is 3.51. The first-order chi connectivity index (χ1) is 17.2. The molecule has 0 unspecified atom stereocenters. The molecule has 1 N–H and O–H groups in total. The van der Waals surface area contributed by atoms with Crippen molar-refractivity contribution in [2.75, 3.05) is 38.5 Å². The Hall–Kier alpha value is -2.70. The number of methoxy groups -OCH3 is 2. The lowest BCUT2D eigenvalue weighted by molar-refractivity contribution is 0.351. The smallest absolute Gasteiger partial charge is 0.163 e. The van der Waals surface area contributed by atoms with Crippen LogP contribution in [0.3, 0.4) is 0 Å². The molecule has 2 aromatic carbocycles. The zero-order valence-electron chi connectivity index (χ0n) is 21.3. The predicted octanol–water partition coefficient (Wildman–Crippen LogP) is 6.20. The van der Waals surface area contributed by atoms with Gasteiger partial charge in [-0.25, -0.2) is 0 Å². The van der Waals surface area contributed by atoms with E-state index in [0.29, 0.717) is 6.04 Å². The summed E-state index contributed by atoms with van der Waals surface area (Å²) < 4.78 is 11.3. The van der Waals surface area contributed by atoms with Crippen molar-refractivity contribution in [2.45, 2.75) is 50.1 Å². The van der Waals surface area contributed by atoms with Crippen molar-refractivity contribution in [1.82, 2.24) is 10.3 Å². The number of aromatic nitrogens is 1. The number of thioether (sulfide) groups is 1. The minimum atomic E-state index is 0.519. The molecule has 1 aromatic heterocycles. The number of pyridine rings is 1. The number of aryl methyl sites for hydroxylation is 1. The number of nitrogens with zero attached hydrogens (tertiary/aromatic N) is 2. The summed E-state index contributed by atoms with van der Waals surface area (Å²) in [6, 6.07) is 18.1. The van der Waals surface area contributed by atoms with Crippen LogP contribution in [0.25, 0.3) is 11.3 Å². The van der Waals surface area contributed by atoms with Gasteiger partial charge in [0.2, 0.25) is 0 Å². The van der Waals surface area contributed by atoms with E-state index in [1.165, 1.54) is 16.1 Å². The van der Waals surface area contributed by atoms with Crippen molar-refractivity contribution in [3.63, 3.8) is 0 Å². The zero-order chi connectivity index (χ0) is 24.6. The van der Waals surface area contributed by atoms with Gasteiger partial charge < -0.3 is 19.7 Å². The third-order valence-corrected chi connectivity index (χ3v) is 7.45. The molecule has 1 saturated heterocycles. The molecule has 35 heavy (non-hydrogen) atoms. The molecule has 4 rings (SSSR count). The summed E-state index contributed by atoms with van der Waals surface area (Å²) >= 11 is 1.78. The third kappa shape index (κ3) is 6.11. The molecule has 1 fully saturated rings. The molecule has 2 heterocycles. The van der Waals surface area contributed by atoms with E-state index >= 15 is 0 Å². The molecule has 0 amide bonds. The Morgan fingerprint density at radius 1 is 1.03 bits per heavy atom. The van der Waals surface area contributed by atoms with E-state index in [9.17, 15) is 0 Å². The maximum Gasteiger partial charge on any atom is 0.163 e. The number of ether oxygens (including phenoxy) is 2. The van der Waals surface area contributed by atoms with Crippen molar-refractivity contribution < 1.29 is 9.47 Å². The first kappa shape index (κ1) is 25.4. The highest BCUT2D eigenvalue weighted by atomic mass is 32.2. The number of piperidine rings is 1. The molecule has 0 spiro atoms. The second kappa shape index (κ2) is 12.3. The van der Waals surface area contributed by atoms with Gasteiger partial charge in [-0.1, -0.05) is 13.3 Å². The van der Waals surface area contributed by atoms with Crippen LogP contribution in [0.2, 0.25) is 0 Å². The summed E-state index contributed by atoms with van der Waals surface area (Å²) in [6.45, 7) is 5.17. The molecule has 0 atom stereocenters. The van der Waals surface area contributed by atoms with Crippen LogP contribution in [-0.4, -0.2) is 44.6 Å². The Labute approximate surface area is 214 Å². The molecule has 0 saturated carbocycles. The number of hydrogen-bond donors (Lipinski definition) is 1. The van der Waals surface area contributed by atoms with Gasteiger partial charge in [-0.05, 0) is 98.3 Å². The number of benzene rings is 2. The van der Waals surface area contributed by atoms with E-state index in [0.717, 1.165) is 73.6 Å². The molecule has 0 aliphatic carbocycles. The molecule has 0 radical (unpaired) electrons. The van der Waals surface area contributed by atoms with Crippen LogP contribution in [0.4, 0.5) is 5.69 Å². The molecule has 3 aromatic rings. The third-order valence-electron chi connectivity index (χ3n) is 6.70. The van der Waals surface area contributed by atoms with Gasteiger partial charge in [0.1, 0.15) is 0 Å². The van der Waals surface area contributed by atoms with Gasteiger partial charge in [-0.3, -0.25) is 4.98 Å². The van der Waals surface area contributed by atoms with Crippen LogP contribution in [0.1, 0.15) is 37.3 Å². The van der Waals surface area contributed by atoms with Crippen LogP contribution in [-0.2, 0) is 13.0 Å². The summed E-state index contributed by atoms with van der Waals surface area (Å²) in [6.07, 6.45) is 8.33. The average molecular weight is 492 g/mol. The minimum absolute atomic E-state index is 0.519. The molecular formula is C29H37N3O2S. The lowest BCUT2D eigenvalue weighted by Crippen LogP contribution is -2.43. The minimum Gasteiger partial charge on any atom is -0.493 e. The van der Waals surface area contributed by atoms with Gasteiger partial charge in [-0.2, -0.15) is 0 Å². The van der Waals surface area contributed by atoms with Crippen LogP contribution in [0, 0.1) is 0 Å². The van der Waals surface area contributed by atoms with Crippen molar-refractivity contribution in [3.8, 4) is 22.8 Å². The molecule has 0 bridgehead atoms. The van der Waals surface area contributed by atoms with E-state index in [4.69, 9.17) is 14.5 Å². The zero-order valence-corrected chi connectivity index (χ0v) is 22.2. The summed E-state index contributed by atoms with van der Waals surface area (Å²) in [7, 11) is 3.40. The fourth-order valence-corrected chi connectivity index (χ4v) is 5.30. The molecule has 186 valence electrons. The number of rotatable bonds is 10. The van der Waals surface area contributed by atoms with Gasteiger partial charge in [0, 0.05) is 34.9 Å². The van der Waals surface area contributed by atoms with Gasteiger partial charge in [0.05, 0.1) is 19.9 Å². The average Bonchev–Trinajstić information content (AvgIpc) is 2.92. The van der Waals surface area contributed by atoms with Crippen LogP contribution in [0.5, 0.6) is 11.5 Å². The molecule has 6 heteroatoms. The Kier molecular flexibility index (Phi) is 8.94. The van der Waals surface area contributed by atoms with Gasteiger partial charge >= 0.3 is 0 Å². The topological polar surface area (TPSA) is 46.6 Å². The number of hydrogen-bond acceptors (Lipinski definition) is 6. The predicted molar refractivity (Wildman–Crippen MR) is 147 cm³/mol. The summed E-state index contributed by atoms with van der Waals surface area (Å²) in [5.74, 6) is 1.57. The monoisotopic (exact) mass is 491 g/mol. The van der Waals surface area contributed by atoms with E-state index in [2.05, 4.69) is 65.9 Å². The lowest BCUT2D eigenvalue weighted by atomic mass is 10.0. The molecule has 1 aliphatic heterocycles. The Morgan fingerprint density at radius 2 is 1.80 bits per heavy atom. The maximum atomic E-state index is 5.67. The number of nitrogens with one attached hydrogen (secondary N) is 1. The molecular weight excluding hydrogens is 454 g/mol. The van der Waals surface area contributed by atoms with Crippen LogP contribution < -0.4 is 19.7 Å². The van der Waals surface area contributed by atoms with E-state index in [1.807, 2.05) is 12.3 Å². The largest absolute Gasteiger partial charge is 0.493 e. The van der Waals surface area contributed by atoms with Crippen LogP contribution in [0.15, 0.2) is 59.6 Å². The van der Waals surface area contributed by atoms with Gasteiger partial charge in [-0.15, -0.1) is 11.8 Å². The second-order valence-corrected chi connectivity index (χ2v) is 9.86. The summed E-state index contributed by atoms with van der Waals surface area (Å²) in [4.78, 5) is 8.59. The van der Waals surface area contributed by atoms with Crippen molar-refractivity contribution in [2.24, 2.45) is 0 Å². The van der Waals surface area contributed by atoms with E-state index in [1.54, 1.807) is 26.0 Å².